The van der Waals surface area contributed by atoms with Crippen molar-refractivity contribution < 1.29 is 4.79 Å². The third-order valence-electron chi connectivity index (χ3n) is 4.97. The molecule has 1 amide bonds. The largest absolute Gasteiger partial charge is 0.336 e. The van der Waals surface area contributed by atoms with E-state index in [1.807, 2.05) is 33.8 Å². The first-order valence-corrected chi connectivity index (χ1v) is 9.03. The lowest BCUT2D eigenvalue weighted by molar-refractivity contribution is -0.137. The van der Waals surface area contributed by atoms with Gasteiger partial charge in [0.05, 0.1) is 18.6 Å². The molecule has 0 radical (unpaired) electrons. The van der Waals surface area contributed by atoms with Gasteiger partial charge in [-0.3, -0.25) is 9.69 Å². The molecule has 1 saturated heterocycles. The van der Waals surface area contributed by atoms with Crippen LogP contribution in [0.4, 0.5) is 0 Å². The average molecular weight is 361 g/mol. The normalized spacial score (nSPS) is 20.1. The molecule has 1 aromatic heterocycles. The molecule has 1 unspecified atom stereocenters. The van der Waals surface area contributed by atoms with Crippen LogP contribution in [-0.2, 0) is 11.3 Å². The number of hydrogen-bond donors (Lipinski definition) is 0. The zero-order valence-electron chi connectivity index (χ0n) is 14.2. The van der Waals surface area contributed by atoms with Gasteiger partial charge in [-0.1, -0.05) is 23.7 Å². The van der Waals surface area contributed by atoms with Gasteiger partial charge in [-0.05, 0) is 47.9 Å². The Labute approximate surface area is 151 Å². The minimum Gasteiger partial charge on any atom is -0.336 e. The Morgan fingerprint density at radius 1 is 1.24 bits per heavy atom. The third-order valence-corrected chi connectivity index (χ3v) is 5.22. The van der Waals surface area contributed by atoms with Gasteiger partial charge in [-0.15, -0.1) is 5.10 Å². The molecular formula is C17H21ClN6O. The van der Waals surface area contributed by atoms with E-state index in [4.69, 9.17) is 11.6 Å². The number of amides is 1. The van der Waals surface area contributed by atoms with Crippen LogP contribution in [0.1, 0.15) is 43.2 Å². The van der Waals surface area contributed by atoms with Crippen LogP contribution in [-0.4, -0.2) is 55.5 Å². The Morgan fingerprint density at radius 3 is 2.68 bits per heavy atom. The highest BCUT2D eigenvalue weighted by Crippen LogP contribution is 2.36. The van der Waals surface area contributed by atoms with Gasteiger partial charge in [0, 0.05) is 24.7 Å². The Hall–Kier alpha value is -1.99. The van der Waals surface area contributed by atoms with E-state index in [1.165, 1.54) is 0 Å². The molecule has 1 aromatic carbocycles. The van der Waals surface area contributed by atoms with Gasteiger partial charge in [0.15, 0.2) is 5.82 Å². The summed E-state index contributed by atoms with van der Waals surface area (Å²) in [5.41, 5.74) is 1.09. The van der Waals surface area contributed by atoms with Gasteiger partial charge in [0.25, 0.3) is 0 Å². The topological polar surface area (TPSA) is 67.2 Å². The van der Waals surface area contributed by atoms with Crippen LogP contribution in [0, 0.1) is 0 Å². The van der Waals surface area contributed by atoms with Crippen LogP contribution >= 0.6 is 11.6 Å². The van der Waals surface area contributed by atoms with Gasteiger partial charge in [0.1, 0.15) is 0 Å². The third kappa shape index (κ3) is 3.52. The fourth-order valence-electron chi connectivity index (χ4n) is 3.25. The van der Waals surface area contributed by atoms with Crippen molar-refractivity contribution >= 4 is 17.5 Å². The average Bonchev–Trinajstić information content (AvgIpc) is 3.34. The van der Waals surface area contributed by atoms with Crippen molar-refractivity contribution in [1.29, 1.82) is 0 Å². The number of rotatable bonds is 5. The van der Waals surface area contributed by atoms with E-state index >= 15 is 0 Å². The number of hydrogen-bond acceptors (Lipinski definition) is 5. The molecule has 1 saturated carbocycles. The Morgan fingerprint density at radius 2 is 2.00 bits per heavy atom. The van der Waals surface area contributed by atoms with Crippen molar-refractivity contribution in [3.05, 3.63) is 40.7 Å². The van der Waals surface area contributed by atoms with Gasteiger partial charge >= 0.3 is 0 Å². The van der Waals surface area contributed by atoms with Gasteiger partial charge < -0.3 is 4.90 Å². The summed E-state index contributed by atoms with van der Waals surface area (Å²) in [6.45, 7) is 4.62. The monoisotopic (exact) mass is 360 g/mol. The van der Waals surface area contributed by atoms with E-state index in [0.717, 1.165) is 30.8 Å². The first-order valence-electron chi connectivity index (χ1n) is 8.66. The molecule has 0 spiro atoms. The number of piperazine rings is 1. The number of carbonyl (C=O) groups excluding carboxylic acids is 1. The van der Waals surface area contributed by atoms with E-state index in [9.17, 15) is 4.79 Å². The zero-order valence-corrected chi connectivity index (χ0v) is 14.9. The van der Waals surface area contributed by atoms with Crippen molar-refractivity contribution in [2.24, 2.45) is 0 Å². The molecule has 2 aliphatic rings. The fraction of sp³-hybridized carbons (Fsp3) is 0.529. The maximum atomic E-state index is 12.6. The highest BCUT2D eigenvalue weighted by Gasteiger charge is 2.34. The highest BCUT2D eigenvalue weighted by atomic mass is 35.5. The van der Waals surface area contributed by atoms with E-state index < -0.39 is 0 Å². The van der Waals surface area contributed by atoms with Crippen molar-refractivity contribution in [3.63, 3.8) is 0 Å². The quantitative estimate of drug-likeness (QED) is 0.816. The van der Waals surface area contributed by atoms with Gasteiger partial charge in [0.2, 0.25) is 5.91 Å². The molecule has 1 atom stereocenters. The molecule has 25 heavy (non-hydrogen) atoms. The summed E-state index contributed by atoms with van der Waals surface area (Å²) in [6.07, 6.45) is 2.27. The van der Waals surface area contributed by atoms with E-state index in [0.29, 0.717) is 30.7 Å². The van der Waals surface area contributed by atoms with Crippen LogP contribution < -0.4 is 0 Å². The standard InChI is InChI=1S/C17H21ClN6O/c1-12(17-19-20-21-24(17)15-6-7-15)22-8-9-23(16(25)11-22)10-13-2-4-14(18)5-3-13/h2-5,12,15H,6-11H2,1H3. The minimum atomic E-state index is 0.0391. The van der Waals surface area contributed by atoms with Crippen LogP contribution in [0.5, 0.6) is 0 Å². The molecule has 7 nitrogen and oxygen atoms in total. The van der Waals surface area contributed by atoms with Crippen LogP contribution in [0.2, 0.25) is 5.02 Å². The number of nitrogens with zero attached hydrogens (tertiary/aromatic N) is 6. The smallest absolute Gasteiger partial charge is 0.237 e. The molecular weight excluding hydrogens is 340 g/mol. The molecule has 1 aliphatic heterocycles. The predicted octanol–water partition coefficient (Wildman–Crippen LogP) is 2.07. The number of carbonyl (C=O) groups is 1. The number of halogens is 1. The lowest BCUT2D eigenvalue weighted by Crippen LogP contribution is -2.50. The Bertz CT molecular complexity index is 757. The van der Waals surface area contributed by atoms with Crippen molar-refractivity contribution in [2.45, 2.75) is 38.4 Å². The SMILES string of the molecule is CC(c1nnnn1C1CC1)N1CCN(Cc2ccc(Cl)cc2)C(=O)C1. The molecule has 8 heteroatoms. The lowest BCUT2D eigenvalue weighted by atomic mass is 10.1. The van der Waals surface area contributed by atoms with Gasteiger partial charge in [-0.25, -0.2) is 4.68 Å². The summed E-state index contributed by atoms with van der Waals surface area (Å²) in [5, 5.41) is 12.8. The molecule has 2 fully saturated rings. The second-order valence-electron chi connectivity index (χ2n) is 6.80. The first kappa shape index (κ1) is 16.5. The van der Waals surface area contributed by atoms with Crippen LogP contribution in [0.15, 0.2) is 24.3 Å². The van der Waals surface area contributed by atoms with Crippen molar-refractivity contribution in [3.8, 4) is 0 Å². The molecule has 0 bridgehead atoms. The summed E-state index contributed by atoms with van der Waals surface area (Å²) in [4.78, 5) is 16.6. The second-order valence-corrected chi connectivity index (χ2v) is 7.24. The maximum absolute atomic E-state index is 12.6. The summed E-state index contributed by atoms with van der Waals surface area (Å²) in [6, 6.07) is 8.13. The molecule has 0 N–H and O–H groups in total. The molecule has 132 valence electrons. The van der Waals surface area contributed by atoms with Crippen LogP contribution in [0.3, 0.4) is 0 Å². The summed E-state index contributed by atoms with van der Waals surface area (Å²) < 4.78 is 1.93. The van der Waals surface area contributed by atoms with Gasteiger partial charge in [-0.2, -0.15) is 0 Å². The summed E-state index contributed by atoms with van der Waals surface area (Å²) >= 11 is 5.92. The first-order chi connectivity index (χ1) is 12.1. The van der Waals surface area contributed by atoms with E-state index in [-0.39, 0.29) is 11.9 Å². The number of tetrazole rings is 1. The van der Waals surface area contributed by atoms with Crippen molar-refractivity contribution in [1.82, 2.24) is 30.0 Å². The molecule has 2 heterocycles. The minimum absolute atomic E-state index is 0.0391. The predicted molar refractivity (Wildman–Crippen MR) is 92.9 cm³/mol. The maximum Gasteiger partial charge on any atom is 0.237 e. The summed E-state index contributed by atoms with van der Waals surface area (Å²) in [7, 11) is 0. The molecule has 2 aromatic rings. The summed E-state index contributed by atoms with van der Waals surface area (Å²) in [5.74, 6) is 1.000. The fourth-order valence-corrected chi connectivity index (χ4v) is 3.38. The number of benzene rings is 1. The van der Waals surface area contributed by atoms with E-state index in [1.54, 1.807) is 0 Å². The lowest BCUT2D eigenvalue weighted by Gasteiger charge is -2.37. The highest BCUT2D eigenvalue weighted by molar-refractivity contribution is 6.30. The Balaban J connectivity index is 1.39. The van der Waals surface area contributed by atoms with Crippen LogP contribution in [0.25, 0.3) is 0 Å². The zero-order chi connectivity index (χ0) is 17.4. The number of aromatic nitrogens is 4. The second kappa shape index (κ2) is 6.72. The molecule has 1 aliphatic carbocycles. The molecule has 4 rings (SSSR count). The Kier molecular flexibility index (Phi) is 4.43. The van der Waals surface area contributed by atoms with E-state index in [2.05, 4.69) is 27.3 Å². The van der Waals surface area contributed by atoms with Crippen molar-refractivity contribution in [2.75, 3.05) is 19.6 Å².